The van der Waals surface area contributed by atoms with E-state index in [9.17, 15) is 28.3 Å². The summed E-state index contributed by atoms with van der Waals surface area (Å²) in [5.41, 5.74) is 9.69. The van der Waals surface area contributed by atoms with Crippen molar-refractivity contribution >= 4 is 83.3 Å². The van der Waals surface area contributed by atoms with E-state index in [0.29, 0.717) is 47.7 Å². The smallest absolute Gasteiger partial charge is 0.325 e. The van der Waals surface area contributed by atoms with Crippen LogP contribution in [0.3, 0.4) is 0 Å². The lowest BCUT2D eigenvalue weighted by atomic mass is 10.0. The van der Waals surface area contributed by atoms with Gasteiger partial charge in [-0.3, -0.25) is 19.2 Å². The van der Waals surface area contributed by atoms with Crippen molar-refractivity contribution in [1.29, 1.82) is 0 Å². The molecule has 0 aliphatic rings. The number of hydrogen-bond donors (Lipinski definition) is 0. The second-order valence-corrected chi connectivity index (χ2v) is 42.1. The third-order valence-corrected chi connectivity index (χ3v) is 29.0. The van der Waals surface area contributed by atoms with E-state index in [1.165, 1.54) is 0 Å². The van der Waals surface area contributed by atoms with E-state index < -0.39 is 70.9 Å². The van der Waals surface area contributed by atoms with E-state index in [4.69, 9.17) is 21.8 Å². The van der Waals surface area contributed by atoms with Gasteiger partial charge in [0, 0.05) is 62.0 Å². The monoisotopic (exact) mass is 1270 g/mol. The Labute approximate surface area is 512 Å². The van der Waals surface area contributed by atoms with Crippen molar-refractivity contribution in [2.75, 3.05) is 39.8 Å². The highest BCUT2D eigenvalue weighted by Crippen LogP contribution is 2.56. The first kappa shape index (κ1) is 87.7. The highest BCUT2D eigenvalue weighted by molar-refractivity contribution is 7.95. The number of benzene rings is 4. The zero-order valence-electron chi connectivity index (χ0n) is 51.1. The molecule has 11 nitrogen and oxygen atoms in total. The zero-order valence-corrected chi connectivity index (χ0v) is 57.9. The average molecular weight is 1270 g/mol. The predicted molar refractivity (Wildman–Crippen MR) is 368 cm³/mol. The van der Waals surface area contributed by atoms with Gasteiger partial charge in [0.25, 0.3) is 0 Å². The molecule has 0 spiro atoms. The van der Waals surface area contributed by atoms with Crippen LogP contribution in [0, 0.1) is 83.1 Å². The van der Waals surface area contributed by atoms with Crippen molar-refractivity contribution < 1.29 is 50.1 Å². The standard InChI is InChI=1S/C28H43O6PSi2.C26H37O4PSi.C5H14OSi.5CH4.ClH/c1-19-15-21(3)25(22(4)16-19)27(29)35(31,28(30)26-23(5)17-20(2)18-24(26)6)13-12-14-37(11,33-8)34-36(9,10)32-7;1-9-30-32(8)12-10-11-31(29,25(27)23-19(4)13-17(2)14-20(23)5)26(28)24-21(6)15-18(3)16-22(24)7;1-5-6-7(2,3)4;;;;;;/h15-18H,12-14H2,1-11H3;13-16,32H,9-12H2,1-8H3;5H2,1-4H3;5*1H4;1H. The van der Waals surface area contributed by atoms with Crippen LogP contribution in [-0.4, -0.2) is 96.3 Å². The molecule has 0 amide bonds. The van der Waals surface area contributed by atoms with Gasteiger partial charge >= 0.3 is 17.1 Å². The molecule has 4 rings (SSSR count). The van der Waals surface area contributed by atoms with Crippen LogP contribution >= 0.6 is 26.7 Å². The van der Waals surface area contributed by atoms with Crippen molar-refractivity contribution in [3.05, 3.63) is 138 Å². The Kier molecular flexibility index (Phi) is 40.1. The zero-order chi connectivity index (χ0) is 58.5. The van der Waals surface area contributed by atoms with Crippen molar-refractivity contribution in [1.82, 2.24) is 0 Å². The molecule has 18 heteroatoms. The number of rotatable bonds is 24. The molecule has 0 aliphatic heterocycles. The van der Waals surface area contributed by atoms with Crippen LogP contribution in [0.2, 0.25) is 57.9 Å². The van der Waals surface area contributed by atoms with Gasteiger partial charge < -0.3 is 30.9 Å². The minimum atomic E-state index is -4.02. The van der Waals surface area contributed by atoms with Crippen LogP contribution < -0.4 is 0 Å². The Morgan fingerprint density at radius 2 is 0.732 bits per heavy atom. The maximum atomic E-state index is 14.7. The minimum absolute atomic E-state index is 0. The van der Waals surface area contributed by atoms with E-state index in [-0.39, 0.29) is 61.9 Å². The van der Waals surface area contributed by atoms with Crippen molar-refractivity contribution in [3.63, 3.8) is 0 Å². The Bertz CT molecular complexity index is 2590. The number of carbonyl (C=O) groups excluding carboxylic acids is 4. The van der Waals surface area contributed by atoms with E-state index in [2.05, 4.69) is 26.2 Å². The van der Waals surface area contributed by atoms with Gasteiger partial charge in [0.15, 0.2) is 17.4 Å². The maximum absolute atomic E-state index is 14.7. The largest absolute Gasteiger partial charge is 0.421 e. The molecule has 0 fully saturated rings. The fourth-order valence-electron chi connectivity index (χ4n) is 10.2. The van der Waals surface area contributed by atoms with Crippen molar-refractivity contribution in [3.8, 4) is 0 Å². The summed E-state index contributed by atoms with van der Waals surface area (Å²) in [6.07, 6.45) is 0.979. The van der Waals surface area contributed by atoms with Crippen LogP contribution in [-0.2, 0) is 30.9 Å². The fourth-order valence-corrected chi connectivity index (χ4v) is 24.7. The molecule has 4 aromatic rings. The van der Waals surface area contributed by atoms with E-state index in [0.717, 1.165) is 79.4 Å². The van der Waals surface area contributed by atoms with Crippen LogP contribution in [0.25, 0.3) is 0 Å². The van der Waals surface area contributed by atoms with E-state index in [1.54, 1.807) is 14.2 Å². The van der Waals surface area contributed by atoms with Gasteiger partial charge in [0.1, 0.15) is 0 Å². The molecular weight excluding hydrogens is 1150 g/mol. The first-order valence-electron chi connectivity index (χ1n) is 26.7. The molecule has 0 aromatic heterocycles. The van der Waals surface area contributed by atoms with Crippen molar-refractivity contribution in [2.45, 2.75) is 205 Å². The Morgan fingerprint density at radius 1 is 0.463 bits per heavy atom. The highest BCUT2D eigenvalue weighted by atomic mass is 35.5. The van der Waals surface area contributed by atoms with Gasteiger partial charge in [-0.15, -0.1) is 12.4 Å². The molecule has 0 saturated heterocycles. The van der Waals surface area contributed by atoms with Crippen LogP contribution in [0.15, 0.2) is 48.5 Å². The number of halogens is 1. The second kappa shape index (κ2) is 37.5. The van der Waals surface area contributed by atoms with Gasteiger partial charge in [-0.05, 0) is 212 Å². The number of carbonyl (C=O) groups is 4. The van der Waals surface area contributed by atoms with Crippen LogP contribution in [0.1, 0.15) is 172 Å². The molecule has 0 radical (unpaired) electrons. The van der Waals surface area contributed by atoms with Crippen molar-refractivity contribution in [2.24, 2.45) is 0 Å². The van der Waals surface area contributed by atoms with E-state index in [1.807, 2.05) is 165 Å². The normalized spacial score (nSPS) is 12.2. The summed E-state index contributed by atoms with van der Waals surface area (Å²) < 4.78 is 57.9. The molecule has 470 valence electrons. The summed E-state index contributed by atoms with van der Waals surface area (Å²) in [6, 6.07) is 16.6. The van der Waals surface area contributed by atoms with Crippen LogP contribution in [0.4, 0.5) is 0 Å². The van der Waals surface area contributed by atoms with Gasteiger partial charge in [0.2, 0.25) is 36.4 Å². The fraction of sp³-hybridized carbons (Fsp3) is 0.562. The third kappa shape index (κ3) is 24.4. The minimum Gasteiger partial charge on any atom is -0.421 e. The first-order chi connectivity index (χ1) is 35.0. The lowest BCUT2D eigenvalue weighted by Gasteiger charge is -2.33. The molecule has 82 heavy (non-hydrogen) atoms. The molecule has 0 bridgehead atoms. The molecule has 0 aliphatic carbocycles. The maximum Gasteiger partial charge on any atom is 0.325 e. The molecule has 0 N–H and O–H groups in total. The van der Waals surface area contributed by atoms with Crippen LogP contribution in [0.5, 0.6) is 0 Å². The quantitative estimate of drug-likeness (QED) is 0.0487. The average Bonchev–Trinajstić information content (AvgIpc) is 3.27. The van der Waals surface area contributed by atoms with Gasteiger partial charge in [-0.1, -0.05) is 108 Å². The molecule has 2 atom stereocenters. The molecular formula is C64H115ClO11P2Si4. The summed E-state index contributed by atoms with van der Waals surface area (Å²) in [5, 5.41) is 0. The summed E-state index contributed by atoms with van der Waals surface area (Å²) in [5.74, 6) is 0. The Morgan fingerprint density at radius 3 is 0.939 bits per heavy atom. The number of hydrogen-bond acceptors (Lipinski definition) is 11. The van der Waals surface area contributed by atoms with Gasteiger partial charge in [-0.25, -0.2) is 0 Å². The molecule has 0 heterocycles. The highest BCUT2D eigenvalue weighted by Gasteiger charge is 2.46. The topological polar surface area (TPSA) is 149 Å². The van der Waals surface area contributed by atoms with Gasteiger partial charge in [-0.2, -0.15) is 0 Å². The summed E-state index contributed by atoms with van der Waals surface area (Å²) in [6.45, 7) is 42.7. The number of aryl methyl sites for hydroxylation is 12. The Hall–Kier alpha value is -3.02. The summed E-state index contributed by atoms with van der Waals surface area (Å²) in [4.78, 5) is 55.8. The lowest BCUT2D eigenvalue weighted by molar-refractivity contribution is 0.102. The second-order valence-electron chi connectivity index (χ2n) is 22.3. The predicted octanol–water partition coefficient (Wildman–Crippen LogP) is 19.5. The first-order valence-corrected chi connectivity index (χ1v) is 41.7. The van der Waals surface area contributed by atoms with E-state index >= 15 is 0 Å². The Balaban J connectivity index is -0.000000407. The van der Waals surface area contributed by atoms with Gasteiger partial charge in [0.05, 0.1) is 0 Å². The molecule has 4 aromatic carbocycles. The summed E-state index contributed by atoms with van der Waals surface area (Å²) >= 11 is 0. The molecule has 0 saturated carbocycles. The SMILES string of the molecule is C.C.C.C.C.CCO[SiH](C)CCCP(=O)(C(=O)c1c(C)cc(C)cc1C)C(=O)c1c(C)cc(C)cc1C.CCO[Si](C)(C)C.CO[Si](C)(C)O[Si](C)(CCCP(=O)(C(=O)c1c(C)cc(C)cc1C)C(=O)c1c(C)cc(C)cc1C)OC.Cl. The summed E-state index contributed by atoms with van der Waals surface area (Å²) in [7, 11) is -12.3. The lowest BCUT2D eigenvalue weighted by Crippen LogP contribution is -2.49. The third-order valence-electron chi connectivity index (χ3n) is 13.5. The molecule has 2 unspecified atom stereocenters.